The average molecular weight is 338 g/mol. The second kappa shape index (κ2) is 9.02. The van der Waals surface area contributed by atoms with Crippen LogP contribution in [-0.4, -0.2) is 30.3 Å². The molecule has 1 N–H and O–H groups in total. The van der Waals surface area contributed by atoms with E-state index in [0.717, 1.165) is 24.9 Å². The summed E-state index contributed by atoms with van der Waals surface area (Å²) < 4.78 is 0. The maximum absolute atomic E-state index is 12.5. The van der Waals surface area contributed by atoms with E-state index in [-0.39, 0.29) is 17.9 Å². The predicted molar refractivity (Wildman–Crippen MR) is 101 cm³/mol. The lowest BCUT2D eigenvalue weighted by atomic mass is 10.1. The number of rotatable bonds is 7. The van der Waals surface area contributed by atoms with E-state index in [2.05, 4.69) is 12.2 Å². The first kappa shape index (κ1) is 18.7. The Labute approximate surface area is 149 Å². The summed E-state index contributed by atoms with van der Waals surface area (Å²) >= 11 is 0. The summed E-state index contributed by atoms with van der Waals surface area (Å²) in [4.78, 5) is 26.7. The third-order valence-electron chi connectivity index (χ3n) is 4.21. The molecule has 0 aliphatic rings. The minimum atomic E-state index is -0.179. The number of unbranched alkanes of at least 4 members (excludes halogenated alkanes) is 1. The van der Waals surface area contributed by atoms with Crippen molar-refractivity contribution in [2.24, 2.45) is 0 Å². The van der Waals surface area contributed by atoms with E-state index in [0.29, 0.717) is 11.1 Å². The Morgan fingerprint density at radius 3 is 2.40 bits per heavy atom. The van der Waals surface area contributed by atoms with Gasteiger partial charge in [0.15, 0.2) is 0 Å². The second-order valence-electron chi connectivity index (χ2n) is 6.27. The van der Waals surface area contributed by atoms with E-state index in [4.69, 9.17) is 0 Å². The Hall–Kier alpha value is -2.62. The van der Waals surface area contributed by atoms with E-state index in [1.807, 2.05) is 37.3 Å². The van der Waals surface area contributed by atoms with Gasteiger partial charge in [-0.2, -0.15) is 0 Å². The molecule has 0 aromatic heterocycles. The smallest absolute Gasteiger partial charge is 0.253 e. The van der Waals surface area contributed by atoms with Gasteiger partial charge in [-0.3, -0.25) is 9.59 Å². The Bertz CT molecular complexity index is 713. The van der Waals surface area contributed by atoms with Crippen molar-refractivity contribution in [2.75, 3.05) is 13.6 Å². The molecule has 2 rings (SSSR count). The largest absolute Gasteiger partial charge is 0.346 e. The van der Waals surface area contributed by atoms with Crippen LogP contribution in [0.3, 0.4) is 0 Å². The van der Waals surface area contributed by atoms with Crippen LogP contribution < -0.4 is 5.32 Å². The number of nitrogens with one attached hydrogen (secondary N) is 1. The predicted octanol–water partition coefficient (Wildman–Crippen LogP) is 4.05. The van der Waals surface area contributed by atoms with Crippen molar-refractivity contribution in [1.82, 2.24) is 10.2 Å². The number of hydrogen-bond donors (Lipinski definition) is 1. The summed E-state index contributed by atoms with van der Waals surface area (Å²) in [6.45, 7) is 4.76. The average Bonchev–Trinajstić information content (AvgIpc) is 2.66. The molecule has 2 amide bonds. The number of nitrogens with zero attached hydrogens (tertiary/aromatic N) is 1. The zero-order chi connectivity index (χ0) is 18.2. The molecule has 1 unspecified atom stereocenters. The third-order valence-corrected chi connectivity index (χ3v) is 4.21. The number of benzene rings is 2. The lowest BCUT2D eigenvalue weighted by Crippen LogP contribution is -2.29. The summed E-state index contributed by atoms with van der Waals surface area (Å²) in [7, 11) is 1.79. The Morgan fingerprint density at radius 1 is 1.04 bits per heavy atom. The Balaban J connectivity index is 2.07. The van der Waals surface area contributed by atoms with Gasteiger partial charge >= 0.3 is 0 Å². The summed E-state index contributed by atoms with van der Waals surface area (Å²) in [6.07, 6.45) is 2.01. The zero-order valence-electron chi connectivity index (χ0n) is 15.2. The zero-order valence-corrected chi connectivity index (χ0v) is 15.2. The van der Waals surface area contributed by atoms with Gasteiger partial charge in [0.25, 0.3) is 11.8 Å². The van der Waals surface area contributed by atoms with Gasteiger partial charge in [-0.05, 0) is 37.1 Å². The van der Waals surface area contributed by atoms with Gasteiger partial charge in [0.1, 0.15) is 0 Å². The normalized spacial score (nSPS) is 11.6. The van der Waals surface area contributed by atoms with Crippen LogP contribution in [0.5, 0.6) is 0 Å². The first-order chi connectivity index (χ1) is 12.0. The minimum absolute atomic E-state index is 0.0563. The second-order valence-corrected chi connectivity index (χ2v) is 6.27. The van der Waals surface area contributed by atoms with Crippen LogP contribution in [0.2, 0.25) is 0 Å². The number of carbonyl (C=O) groups excluding carboxylic acids is 2. The summed E-state index contributed by atoms with van der Waals surface area (Å²) in [5, 5.41) is 2.98. The van der Waals surface area contributed by atoms with E-state index in [1.165, 1.54) is 0 Å². The highest BCUT2D eigenvalue weighted by Gasteiger charge is 2.15. The Morgan fingerprint density at radius 2 is 1.72 bits per heavy atom. The molecule has 0 heterocycles. The molecule has 0 saturated heterocycles. The highest BCUT2D eigenvalue weighted by molar-refractivity contribution is 5.99. The molecule has 2 aromatic carbocycles. The van der Waals surface area contributed by atoms with Crippen LogP contribution >= 0.6 is 0 Å². The van der Waals surface area contributed by atoms with Gasteiger partial charge in [-0.1, -0.05) is 49.7 Å². The fourth-order valence-corrected chi connectivity index (χ4v) is 2.62. The molecule has 0 fully saturated rings. The van der Waals surface area contributed by atoms with Gasteiger partial charge in [0.05, 0.1) is 6.04 Å². The molecule has 4 nitrogen and oxygen atoms in total. The van der Waals surface area contributed by atoms with Crippen LogP contribution in [0.1, 0.15) is 59.0 Å². The Kier molecular flexibility index (Phi) is 6.75. The maximum atomic E-state index is 12.5. The van der Waals surface area contributed by atoms with E-state index in [9.17, 15) is 9.59 Å². The summed E-state index contributed by atoms with van der Waals surface area (Å²) in [6, 6.07) is 16.6. The van der Waals surface area contributed by atoms with Crippen molar-refractivity contribution in [2.45, 2.75) is 32.7 Å². The van der Waals surface area contributed by atoms with Crippen molar-refractivity contribution in [1.29, 1.82) is 0 Å². The highest BCUT2D eigenvalue weighted by atomic mass is 16.2. The van der Waals surface area contributed by atoms with Crippen molar-refractivity contribution >= 4 is 11.8 Å². The fraction of sp³-hybridized carbons (Fsp3) is 0.333. The van der Waals surface area contributed by atoms with Crippen LogP contribution in [0.15, 0.2) is 54.6 Å². The SMILES string of the molecule is CCCCN(C)C(=O)c1cccc(C(=O)NC(C)c2ccccc2)c1. The van der Waals surface area contributed by atoms with Crippen molar-refractivity contribution < 1.29 is 9.59 Å². The molecule has 132 valence electrons. The molecule has 0 radical (unpaired) electrons. The molecular formula is C21H26N2O2. The van der Waals surface area contributed by atoms with Gasteiger partial charge in [-0.15, -0.1) is 0 Å². The van der Waals surface area contributed by atoms with Gasteiger partial charge in [0.2, 0.25) is 0 Å². The monoisotopic (exact) mass is 338 g/mol. The molecule has 0 saturated carbocycles. The molecule has 0 aliphatic carbocycles. The van der Waals surface area contributed by atoms with Crippen LogP contribution in [0.4, 0.5) is 0 Å². The van der Waals surface area contributed by atoms with Crippen molar-refractivity contribution in [3.63, 3.8) is 0 Å². The lowest BCUT2D eigenvalue weighted by molar-refractivity contribution is 0.0793. The third kappa shape index (κ3) is 5.18. The molecule has 0 bridgehead atoms. The summed E-state index contributed by atoms with van der Waals surface area (Å²) in [5.41, 5.74) is 2.08. The first-order valence-corrected chi connectivity index (χ1v) is 8.74. The fourth-order valence-electron chi connectivity index (χ4n) is 2.62. The number of amides is 2. The van der Waals surface area contributed by atoms with E-state index >= 15 is 0 Å². The molecule has 25 heavy (non-hydrogen) atoms. The van der Waals surface area contributed by atoms with Gasteiger partial charge in [-0.25, -0.2) is 0 Å². The first-order valence-electron chi connectivity index (χ1n) is 8.74. The lowest BCUT2D eigenvalue weighted by Gasteiger charge is -2.18. The van der Waals surface area contributed by atoms with E-state index < -0.39 is 0 Å². The standard InChI is InChI=1S/C21H26N2O2/c1-4-5-14-23(3)21(25)19-13-9-12-18(15-19)20(24)22-16(2)17-10-7-6-8-11-17/h6-13,15-16H,4-5,14H2,1-3H3,(H,22,24). The van der Waals surface area contributed by atoms with Gasteiger partial charge in [0, 0.05) is 24.7 Å². The molecule has 1 atom stereocenters. The molecule has 4 heteroatoms. The maximum Gasteiger partial charge on any atom is 0.253 e. The van der Waals surface area contributed by atoms with Crippen LogP contribution in [-0.2, 0) is 0 Å². The summed E-state index contributed by atoms with van der Waals surface area (Å²) in [5.74, 6) is -0.235. The number of hydrogen-bond acceptors (Lipinski definition) is 2. The van der Waals surface area contributed by atoms with Crippen LogP contribution in [0, 0.1) is 0 Å². The topological polar surface area (TPSA) is 49.4 Å². The van der Waals surface area contributed by atoms with Crippen molar-refractivity contribution in [3.05, 3.63) is 71.3 Å². The quantitative estimate of drug-likeness (QED) is 0.828. The molecule has 2 aromatic rings. The van der Waals surface area contributed by atoms with Crippen molar-refractivity contribution in [3.8, 4) is 0 Å². The van der Waals surface area contributed by atoms with Crippen LogP contribution in [0.25, 0.3) is 0 Å². The molecular weight excluding hydrogens is 312 g/mol. The van der Waals surface area contributed by atoms with E-state index in [1.54, 1.807) is 36.2 Å². The highest BCUT2D eigenvalue weighted by Crippen LogP contribution is 2.14. The minimum Gasteiger partial charge on any atom is -0.346 e. The number of carbonyl (C=O) groups is 2. The molecule has 0 aliphatic heterocycles. The van der Waals surface area contributed by atoms with Gasteiger partial charge < -0.3 is 10.2 Å². The molecule has 0 spiro atoms.